The SMILES string of the molecule is CC(C)COCCOC1CCCC(NC(C)C)(C(=O)O)C1. The van der Waals surface area contributed by atoms with E-state index in [0.29, 0.717) is 32.0 Å². The largest absolute Gasteiger partial charge is 0.480 e. The predicted octanol–water partition coefficient (Wildman–Crippen LogP) is 2.44. The maximum Gasteiger partial charge on any atom is 0.324 e. The van der Waals surface area contributed by atoms with E-state index < -0.39 is 11.5 Å². The van der Waals surface area contributed by atoms with E-state index in [2.05, 4.69) is 19.2 Å². The van der Waals surface area contributed by atoms with Gasteiger partial charge in [0.15, 0.2) is 0 Å². The van der Waals surface area contributed by atoms with Crippen LogP contribution in [0.3, 0.4) is 0 Å². The number of rotatable bonds is 9. The second-order valence-electron chi connectivity index (χ2n) is 6.74. The summed E-state index contributed by atoms with van der Waals surface area (Å²) in [5.74, 6) is -0.241. The van der Waals surface area contributed by atoms with Crippen LogP contribution in [0.2, 0.25) is 0 Å². The number of carbonyl (C=O) groups is 1. The minimum absolute atomic E-state index is 0.00347. The van der Waals surface area contributed by atoms with Gasteiger partial charge in [0.05, 0.1) is 19.3 Å². The fourth-order valence-electron chi connectivity index (χ4n) is 2.90. The number of carboxylic acids is 1. The molecule has 1 saturated carbocycles. The van der Waals surface area contributed by atoms with Crippen LogP contribution in [0.15, 0.2) is 0 Å². The first kappa shape index (κ1) is 18.4. The van der Waals surface area contributed by atoms with Crippen LogP contribution < -0.4 is 5.32 Å². The Bertz CT molecular complexity index is 319. The van der Waals surface area contributed by atoms with Gasteiger partial charge in [-0.25, -0.2) is 0 Å². The van der Waals surface area contributed by atoms with Crippen molar-refractivity contribution in [2.45, 2.75) is 71.1 Å². The van der Waals surface area contributed by atoms with Crippen molar-refractivity contribution >= 4 is 5.97 Å². The summed E-state index contributed by atoms with van der Waals surface area (Å²) in [6.07, 6.45) is 3.01. The molecule has 0 aliphatic heterocycles. The molecule has 1 fully saturated rings. The molecule has 2 atom stereocenters. The van der Waals surface area contributed by atoms with Gasteiger partial charge in [-0.3, -0.25) is 10.1 Å². The molecule has 1 rings (SSSR count). The van der Waals surface area contributed by atoms with Crippen molar-refractivity contribution in [3.63, 3.8) is 0 Å². The van der Waals surface area contributed by atoms with E-state index in [1.54, 1.807) is 0 Å². The molecular formula is C16H31NO4. The van der Waals surface area contributed by atoms with Crippen LogP contribution in [-0.2, 0) is 14.3 Å². The molecule has 0 radical (unpaired) electrons. The predicted molar refractivity (Wildman–Crippen MR) is 82.5 cm³/mol. The molecule has 0 aromatic carbocycles. The molecule has 0 heterocycles. The second-order valence-corrected chi connectivity index (χ2v) is 6.74. The zero-order chi connectivity index (χ0) is 15.9. The lowest BCUT2D eigenvalue weighted by atomic mass is 9.79. The highest BCUT2D eigenvalue weighted by Gasteiger charge is 2.43. The van der Waals surface area contributed by atoms with Crippen molar-refractivity contribution < 1.29 is 19.4 Å². The Hall–Kier alpha value is -0.650. The van der Waals surface area contributed by atoms with Crippen LogP contribution >= 0.6 is 0 Å². The molecule has 21 heavy (non-hydrogen) atoms. The molecule has 1 aliphatic carbocycles. The highest BCUT2D eigenvalue weighted by atomic mass is 16.5. The third-order valence-electron chi connectivity index (χ3n) is 3.71. The molecule has 5 nitrogen and oxygen atoms in total. The summed E-state index contributed by atoms with van der Waals surface area (Å²) in [7, 11) is 0. The van der Waals surface area contributed by atoms with Gasteiger partial charge in [0.25, 0.3) is 0 Å². The van der Waals surface area contributed by atoms with Crippen molar-refractivity contribution in [2.75, 3.05) is 19.8 Å². The standard InChI is InChI=1S/C16H31NO4/c1-12(2)11-20-8-9-21-14-6-5-7-16(10-14,15(18)19)17-13(3)4/h12-14,17H,5-11H2,1-4H3,(H,18,19). The van der Waals surface area contributed by atoms with Crippen LogP contribution in [0, 0.1) is 5.92 Å². The summed E-state index contributed by atoms with van der Waals surface area (Å²) in [6, 6.07) is 0.147. The summed E-state index contributed by atoms with van der Waals surface area (Å²) in [4.78, 5) is 11.7. The lowest BCUT2D eigenvalue weighted by molar-refractivity contribution is -0.150. The summed E-state index contributed by atoms with van der Waals surface area (Å²) < 4.78 is 11.3. The Morgan fingerprint density at radius 1 is 1.33 bits per heavy atom. The summed E-state index contributed by atoms with van der Waals surface area (Å²) >= 11 is 0. The van der Waals surface area contributed by atoms with E-state index in [-0.39, 0.29) is 12.1 Å². The van der Waals surface area contributed by atoms with Gasteiger partial charge in [-0.2, -0.15) is 0 Å². The number of carboxylic acid groups (broad SMARTS) is 1. The number of aliphatic carboxylic acids is 1. The highest BCUT2D eigenvalue weighted by molar-refractivity contribution is 5.79. The highest BCUT2D eigenvalue weighted by Crippen LogP contribution is 2.31. The zero-order valence-electron chi connectivity index (χ0n) is 13.9. The number of nitrogens with one attached hydrogen (secondary N) is 1. The minimum Gasteiger partial charge on any atom is -0.480 e. The Morgan fingerprint density at radius 2 is 2.05 bits per heavy atom. The monoisotopic (exact) mass is 301 g/mol. The summed E-state index contributed by atoms with van der Waals surface area (Å²) in [5, 5.41) is 12.8. The lowest BCUT2D eigenvalue weighted by Gasteiger charge is -2.39. The van der Waals surface area contributed by atoms with E-state index in [1.165, 1.54) is 0 Å². The molecule has 5 heteroatoms. The Morgan fingerprint density at radius 3 is 2.62 bits per heavy atom. The molecule has 0 spiro atoms. The third kappa shape index (κ3) is 6.32. The number of hydrogen-bond acceptors (Lipinski definition) is 4. The van der Waals surface area contributed by atoms with Crippen molar-refractivity contribution in [3.05, 3.63) is 0 Å². The van der Waals surface area contributed by atoms with Crippen LogP contribution in [0.5, 0.6) is 0 Å². The first-order chi connectivity index (χ1) is 9.85. The molecule has 0 saturated heterocycles. The quantitative estimate of drug-likeness (QED) is 0.640. The number of ether oxygens (including phenoxy) is 2. The van der Waals surface area contributed by atoms with Crippen LogP contribution in [0.25, 0.3) is 0 Å². The first-order valence-electron chi connectivity index (χ1n) is 8.06. The van der Waals surface area contributed by atoms with Gasteiger partial charge in [-0.05, 0) is 39.0 Å². The molecule has 0 aromatic rings. The van der Waals surface area contributed by atoms with Crippen molar-refractivity contribution in [2.24, 2.45) is 5.92 Å². The van der Waals surface area contributed by atoms with Crippen molar-refractivity contribution in [3.8, 4) is 0 Å². The van der Waals surface area contributed by atoms with Crippen molar-refractivity contribution in [1.82, 2.24) is 5.32 Å². The Labute approximate surface area is 128 Å². The second kappa shape index (κ2) is 8.71. The molecule has 124 valence electrons. The fourth-order valence-corrected chi connectivity index (χ4v) is 2.90. The molecule has 0 aromatic heterocycles. The molecule has 2 N–H and O–H groups in total. The topological polar surface area (TPSA) is 67.8 Å². The molecule has 0 bridgehead atoms. The molecule has 0 amide bonds. The molecular weight excluding hydrogens is 270 g/mol. The van der Waals surface area contributed by atoms with Crippen LogP contribution in [-0.4, -0.2) is 48.6 Å². The summed E-state index contributed by atoms with van der Waals surface area (Å²) in [5.41, 5.74) is -0.837. The molecule has 2 unspecified atom stereocenters. The van der Waals surface area contributed by atoms with Crippen LogP contribution in [0.4, 0.5) is 0 Å². The Balaban J connectivity index is 2.41. The average Bonchev–Trinajstić information content (AvgIpc) is 2.37. The van der Waals surface area contributed by atoms with Gasteiger partial charge in [-0.1, -0.05) is 13.8 Å². The van der Waals surface area contributed by atoms with E-state index in [0.717, 1.165) is 19.4 Å². The molecule has 1 aliphatic rings. The van der Waals surface area contributed by atoms with Gasteiger partial charge in [0.2, 0.25) is 0 Å². The van der Waals surface area contributed by atoms with E-state index in [1.807, 2.05) is 13.8 Å². The maximum absolute atomic E-state index is 11.7. The fraction of sp³-hybridized carbons (Fsp3) is 0.938. The van der Waals surface area contributed by atoms with Gasteiger partial charge in [-0.15, -0.1) is 0 Å². The normalized spacial score (nSPS) is 26.5. The average molecular weight is 301 g/mol. The third-order valence-corrected chi connectivity index (χ3v) is 3.71. The maximum atomic E-state index is 11.7. The zero-order valence-corrected chi connectivity index (χ0v) is 13.9. The van der Waals surface area contributed by atoms with E-state index in [9.17, 15) is 9.90 Å². The van der Waals surface area contributed by atoms with Gasteiger partial charge in [0, 0.05) is 19.1 Å². The lowest BCUT2D eigenvalue weighted by Crippen LogP contribution is -2.58. The van der Waals surface area contributed by atoms with Gasteiger partial charge in [0.1, 0.15) is 5.54 Å². The first-order valence-corrected chi connectivity index (χ1v) is 8.06. The van der Waals surface area contributed by atoms with Gasteiger partial charge >= 0.3 is 5.97 Å². The number of hydrogen-bond donors (Lipinski definition) is 2. The minimum atomic E-state index is -0.837. The van der Waals surface area contributed by atoms with Crippen LogP contribution in [0.1, 0.15) is 53.4 Å². The Kier molecular flexibility index (Phi) is 7.63. The summed E-state index contributed by atoms with van der Waals surface area (Å²) in [6.45, 7) is 10.0. The van der Waals surface area contributed by atoms with E-state index in [4.69, 9.17) is 9.47 Å². The van der Waals surface area contributed by atoms with Gasteiger partial charge < -0.3 is 14.6 Å². The van der Waals surface area contributed by atoms with Crippen molar-refractivity contribution in [1.29, 1.82) is 0 Å². The smallest absolute Gasteiger partial charge is 0.324 e. The van der Waals surface area contributed by atoms with E-state index >= 15 is 0 Å².